The number of anilines is 1. The van der Waals surface area contributed by atoms with Crippen molar-refractivity contribution in [2.75, 3.05) is 45.2 Å². The van der Waals surface area contributed by atoms with Gasteiger partial charge >= 0.3 is 0 Å². The molecule has 0 aliphatic carbocycles. The maximum absolute atomic E-state index is 12.3. The summed E-state index contributed by atoms with van der Waals surface area (Å²) in [7, 11) is 1.73. The summed E-state index contributed by atoms with van der Waals surface area (Å²) < 4.78 is 5.50. The molecule has 5 nitrogen and oxygen atoms in total. The fourth-order valence-corrected chi connectivity index (χ4v) is 3.81. The fourth-order valence-electron chi connectivity index (χ4n) is 3.62. The highest BCUT2D eigenvalue weighted by atomic mass is 35.5. The van der Waals surface area contributed by atoms with Gasteiger partial charge in [0.2, 0.25) is 0 Å². The minimum absolute atomic E-state index is 0.0380. The molecule has 1 saturated heterocycles. The van der Waals surface area contributed by atoms with Crippen LogP contribution in [0.1, 0.15) is 11.1 Å². The summed E-state index contributed by atoms with van der Waals surface area (Å²) in [6.07, 6.45) is 0. The van der Waals surface area contributed by atoms with Crippen molar-refractivity contribution in [3.8, 4) is 5.75 Å². The van der Waals surface area contributed by atoms with E-state index in [2.05, 4.69) is 24.4 Å². The second kappa shape index (κ2) is 9.22. The summed E-state index contributed by atoms with van der Waals surface area (Å²) in [4.78, 5) is 15.2. The van der Waals surface area contributed by atoms with Gasteiger partial charge in [0.15, 0.2) is 6.54 Å². The van der Waals surface area contributed by atoms with E-state index < -0.39 is 0 Å². The molecule has 0 atom stereocenters. The van der Waals surface area contributed by atoms with Crippen molar-refractivity contribution in [2.24, 2.45) is 0 Å². The van der Waals surface area contributed by atoms with E-state index in [1.807, 2.05) is 18.2 Å². The van der Waals surface area contributed by atoms with E-state index in [0.717, 1.165) is 44.2 Å². The van der Waals surface area contributed by atoms with Gasteiger partial charge in [0.25, 0.3) is 5.91 Å². The van der Waals surface area contributed by atoms with Crippen LogP contribution in [0.4, 0.5) is 5.69 Å². The predicted octanol–water partition coefficient (Wildman–Crippen LogP) is 0.579. The molecule has 3 N–H and O–H groups in total. The lowest BCUT2D eigenvalue weighted by atomic mass is 10.1. The van der Waals surface area contributed by atoms with Crippen LogP contribution in [-0.2, 0) is 11.3 Å². The zero-order valence-corrected chi connectivity index (χ0v) is 16.7. The quantitative estimate of drug-likeness (QED) is 0.677. The van der Waals surface area contributed by atoms with E-state index in [1.54, 1.807) is 19.2 Å². The third-order valence-electron chi connectivity index (χ3n) is 5.06. The van der Waals surface area contributed by atoms with Crippen LogP contribution in [0.25, 0.3) is 0 Å². The molecule has 1 heterocycles. The highest BCUT2D eigenvalue weighted by molar-refractivity contribution is 6.30. The Labute approximate surface area is 165 Å². The first-order valence-electron chi connectivity index (χ1n) is 9.39. The number of halogens is 1. The minimum Gasteiger partial charge on any atom is -0.496 e. The summed E-state index contributed by atoms with van der Waals surface area (Å²) in [5.41, 5.74) is 3.27. The molecule has 144 valence electrons. The number of quaternary nitrogens is 2. The van der Waals surface area contributed by atoms with Gasteiger partial charge in [-0.2, -0.15) is 0 Å². The van der Waals surface area contributed by atoms with E-state index in [4.69, 9.17) is 16.3 Å². The molecule has 0 saturated carbocycles. The molecule has 2 aromatic rings. The molecule has 27 heavy (non-hydrogen) atoms. The lowest BCUT2D eigenvalue weighted by Crippen LogP contribution is -3.28. The zero-order valence-electron chi connectivity index (χ0n) is 16.0. The third-order valence-corrected chi connectivity index (χ3v) is 5.29. The number of carbonyl (C=O) groups excluding carboxylic acids is 1. The summed E-state index contributed by atoms with van der Waals surface area (Å²) in [6.45, 7) is 7.66. The standard InChI is InChI=1S/C21H26ClN3O2/c1-16-6-7-20(27-2)17(12-16)14-24-8-10-25(11-9-24)15-21(26)23-19-5-3-4-18(22)13-19/h3-7,12-13H,8-11,14-15H2,1-2H3,(H,23,26)/p+2. The lowest BCUT2D eigenvalue weighted by molar-refractivity contribution is -1.02. The van der Waals surface area contributed by atoms with Crippen LogP contribution in [-0.4, -0.2) is 45.7 Å². The van der Waals surface area contributed by atoms with Crippen LogP contribution in [0, 0.1) is 6.92 Å². The van der Waals surface area contributed by atoms with Crippen LogP contribution >= 0.6 is 11.6 Å². The van der Waals surface area contributed by atoms with Crippen molar-refractivity contribution in [1.29, 1.82) is 0 Å². The lowest BCUT2D eigenvalue weighted by Gasteiger charge is -2.29. The Morgan fingerprint density at radius 3 is 2.56 bits per heavy atom. The Kier molecular flexibility index (Phi) is 6.72. The Morgan fingerprint density at radius 2 is 1.85 bits per heavy atom. The molecular weight excluding hydrogens is 362 g/mol. The van der Waals surface area contributed by atoms with Gasteiger partial charge in [0.05, 0.1) is 7.11 Å². The van der Waals surface area contributed by atoms with Gasteiger partial charge in [-0.15, -0.1) is 0 Å². The number of rotatable bonds is 6. The monoisotopic (exact) mass is 389 g/mol. The third kappa shape index (κ3) is 5.70. The van der Waals surface area contributed by atoms with Gasteiger partial charge in [0.1, 0.15) is 38.5 Å². The van der Waals surface area contributed by atoms with Gasteiger partial charge in [0, 0.05) is 16.3 Å². The molecule has 3 rings (SSSR count). The van der Waals surface area contributed by atoms with Crippen LogP contribution < -0.4 is 19.9 Å². The molecule has 0 bridgehead atoms. The van der Waals surface area contributed by atoms with Crippen molar-refractivity contribution in [3.05, 3.63) is 58.6 Å². The number of carbonyl (C=O) groups is 1. The Morgan fingerprint density at radius 1 is 1.11 bits per heavy atom. The molecule has 0 radical (unpaired) electrons. The van der Waals surface area contributed by atoms with Gasteiger partial charge in [-0.05, 0) is 37.3 Å². The smallest absolute Gasteiger partial charge is 0.279 e. The van der Waals surface area contributed by atoms with E-state index in [-0.39, 0.29) is 5.91 Å². The molecule has 0 unspecified atom stereocenters. The van der Waals surface area contributed by atoms with Crippen molar-refractivity contribution >= 4 is 23.2 Å². The number of piperazine rings is 1. The normalized spacial score (nSPS) is 19.5. The molecule has 2 aromatic carbocycles. The molecular formula is C21H28ClN3O2+2. The average Bonchev–Trinajstić information content (AvgIpc) is 2.63. The van der Waals surface area contributed by atoms with Gasteiger partial charge in [-0.1, -0.05) is 29.3 Å². The summed E-state index contributed by atoms with van der Waals surface area (Å²) >= 11 is 5.97. The predicted molar refractivity (Wildman–Crippen MR) is 108 cm³/mol. The van der Waals surface area contributed by atoms with Gasteiger partial charge in [-0.25, -0.2) is 0 Å². The molecule has 1 aliphatic rings. The zero-order chi connectivity index (χ0) is 19.2. The summed E-state index contributed by atoms with van der Waals surface area (Å²) in [5, 5.41) is 3.56. The van der Waals surface area contributed by atoms with E-state index >= 15 is 0 Å². The number of nitrogens with one attached hydrogen (secondary N) is 3. The number of hydrogen-bond acceptors (Lipinski definition) is 2. The summed E-state index contributed by atoms with van der Waals surface area (Å²) in [5.74, 6) is 1.000. The number of hydrogen-bond donors (Lipinski definition) is 3. The van der Waals surface area contributed by atoms with Gasteiger partial charge in [-0.3, -0.25) is 4.79 Å². The average molecular weight is 390 g/mol. The Hall–Kier alpha value is -2.08. The fraction of sp³-hybridized carbons (Fsp3) is 0.381. The highest BCUT2D eigenvalue weighted by Gasteiger charge is 2.25. The second-order valence-corrected chi connectivity index (χ2v) is 7.66. The Balaban J connectivity index is 1.47. The Bertz CT molecular complexity index is 789. The number of aryl methyl sites for hydroxylation is 1. The number of ether oxygens (including phenoxy) is 1. The van der Waals surface area contributed by atoms with Crippen LogP contribution in [0.2, 0.25) is 5.02 Å². The van der Waals surface area contributed by atoms with Crippen LogP contribution in [0.3, 0.4) is 0 Å². The first-order valence-corrected chi connectivity index (χ1v) is 9.77. The van der Waals surface area contributed by atoms with Crippen molar-refractivity contribution in [1.82, 2.24) is 0 Å². The van der Waals surface area contributed by atoms with Gasteiger partial charge < -0.3 is 19.9 Å². The molecule has 1 aliphatic heterocycles. The first kappa shape index (κ1) is 19.7. The molecule has 6 heteroatoms. The van der Waals surface area contributed by atoms with Crippen molar-refractivity contribution in [3.63, 3.8) is 0 Å². The van der Waals surface area contributed by atoms with Crippen LogP contribution in [0.5, 0.6) is 5.75 Å². The topological polar surface area (TPSA) is 47.2 Å². The molecule has 1 amide bonds. The van der Waals surface area contributed by atoms with Crippen molar-refractivity contribution < 1.29 is 19.3 Å². The second-order valence-electron chi connectivity index (χ2n) is 7.23. The minimum atomic E-state index is 0.0380. The molecule has 1 fully saturated rings. The maximum atomic E-state index is 12.3. The van der Waals surface area contributed by atoms with Crippen LogP contribution in [0.15, 0.2) is 42.5 Å². The van der Waals surface area contributed by atoms with Crippen molar-refractivity contribution in [2.45, 2.75) is 13.5 Å². The highest BCUT2D eigenvalue weighted by Crippen LogP contribution is 2.18. The number of amides is 1. The maximum Gasteiger partial charge on any atom is 0.279 e. The largest absolute Gasteiger partial charge is 0.496 e. The SMILES string of the molecule is COc1ccc(C)cc1C[NH+]1CC[NH+](CC(=O)Nc2cccc(Cl)c2)CC1. The van der Waals surface area contributed by atoms with E-state index in [0.29, 0.717) is 11.6 Å². The van der Waals surface area contributed by atoms with E-state index in [1.165, 1.54) is 20.9 Å². The molecule has 0 aromatic heterocycles. The number of benzene rings is 2. The summed E-state index contributed by atoms with van der Waals surface area (Å²) in [6, 6.07) is 13.6. The number of methoxy groups -OCH3 is 1. The van der Waals surface area contributed by atoms with E-state index in [9.17, 15) is 4.79 Å². The molecule has 0 spiro atoms. The first-order chi connectivity index (χ1) is 13.0.